The average Bonchev–Trinajstić information content (AvgIpc) is 2.60. The molecule has 14 heavy (non-hydrogen) atoms. The lowest BCUT2D eigenvalue weighted by molar-refractivity contribution is 0.0945. The fraction of sp³-hybridized carbons (Fsp3) is 0.500. The van der Waals surface area contributed by atoms with Crippen LogP contribution in [-0.2, 0) is 0 Å². The van der Waals surface area contributed by atoms with Gasteiger partial charge in [-0.05, 0) is 35.0 Å². The third kappa shape index (κ3) is 2.90. The van der Waals surface area contributed by atoms with Gasteiger partial charge in [-0.3, -0.25) is 4.79 Å². The summed E-state index contributed by atoms with van der Waals surface area (Å²) in [5.74, 6) is 0.199. The Morgan fingerprint density at radius 3 is 2.79 bits per heavy atom. The van der Waals surface area contributed by atoms with Crippen molar-refractivity contribution in [1.82, 2.24) is 5.32 Å². The largest absolute Gasteiger partial charge is 0.307 e. The molecule has 1 aromatic heterocycles. The van der Waals surface area contributed by atoms with Crippen molar-refractivity contribution in [2.24, 2.45) is 0 Å². The number of carbonyl (C=O) groups is 1. The van der Waals surface area contributed by atoms with Gasteiger partial charge in [0.15, 0.2) is 5.78 Å². The molecule has 0 radical (unpaired) electrons. The monoisotopic (exact) mass is 275 g/mol. The molecule has 0 fully saturated rings. The van der Waals surface area contributed by atoms with E-state index >= 15 is 0 Å². The second kappa shape index (κ2) is 5.63. The molecule has 0 aliphatic heterocycles. The van der Waals surface area contributed by atoms with Gasteiger partial charge in [0.2, 0.25) is 0 Å². The van der Waals surface area contributed by atoms with E-state index in [4.69, 9.17) is 0 Å². The van der Waals surface area contributed by atoms with Crippen LogP contribution >= 0.6 is 27.3 Å². The van der Waals surface area contributed by atoms with E-state index in [-0.39, 0.29) is 11.8 Å². The van der Waals surface area contributed by atoms with E-state index in [0.29, 0.717) is 0 Å². The molecule has 0 amide bonds. The first-order valence-electron chi connectivity index (χ1n) is 4.70. The predicted molar refractivity (Wildman–Crippen MR) is 64.1 cm³/mol. The van der Waals surface area contributed by atoms with E-state index in [2.05, 4.69) is 21.2 Å². The van der Waals surface area contributed by atoms with Crippen LogP contribution in [0, 0.1) is 0 Å². The number of likely N-dealkylation sites (N-methyl/N-ethyl adjacent to an activating group) is 1. The summed E-state index contributed by atoms with van der Waals surface area (Å²) in [5.41, 5.74) is 0. The summed E-state index contributed by atoms with van der Waals surface area (Å²) in [6, 6.07) is 1.85. The molecule has 0 aliphatic rings. The minimum absolute atomic E-state index is 0.0365. The summed E-state index contributed by atoms with van der Waals surface area (Å²) in [5, 5.41) is 5.12. The van der Waals surface area contributed by atoms with E-state index in [0.717, 1.165) is 22.3 Å². The zero-order valence-electron chi connectivity index (χ0n) is 8.34. The highest BCUT2D eigenvalue weighted by Gasteiger charge is 2.18. The normalized spacial score (nSPS) is 12.8. The van der Waals surface area contributed by atoms with Gasteiger partial charge in [-0.2, -0.15) is 0 Å². The van der Waals surface area contributed by atoms with Crippen molar-refractivity contribution >= 4 is 33.0 Å². The Hall–Kier alpha value is -0.190. The highest BCUT2D eigenvalue weighted by Crippen LogP contribution is 2.21. The Bertz CT molecular complexity index is 311. The van der Waals surface area contributed by atoms with Gasteiger partial charge in [-0.15, -0.1) is 11.3 Å². The third-order valence-corrected chi connectivity index (χ3v) is 3.69. The number of nitrogens with one attached hydrogen (secondary N) is 1. The second-order valence-electron chi connectivity index (χ2n) is 3.01. The smallest absolute Gasteiger partial charge is 0.189 e. The number of carbonyl (C=O) groups excluding carboxylic acids is 1. The zero-order chi connectivity index (χ0) is 10.6. The number of Topliss-reactive ketones (excluding diaryl/α,β-unsaturated/α-hetero) is 1. The highest BCUT2D eigenvalue weighted by atomic mass is 79.9. The summed E-state index contributed by atoms with van der Waals surface area (Å²) in [7, 11) is 0. The molecule has 1 N–H and O–H groups in total. The summed E-state index contributed by atoms with van der Waals surface area (Å²) in [6.45, 7) is 4.87. The Labute approximate surface area is 96.8 Å². The molecule has 0 saturated heterocycles. The van der Waals surface area contributed by atoms with Crippen molar-refractivity contribution < 1.29 is 4.79 Å². The molecule has 4 heteroatoms. The van der Waals surface area contributed by atoms with Crippen molar-refractivity contribution in [3.63, 3.8) is 0 Å². The molecule has 0 aliphatic carbocycles. The number of hydrogen-bond donors (Lipinski definition) is 1. The maximum atomic E-state index is 11.9. The average molecular weight is 276 g/mol. The summed E-state index contributed by atoms with van der Waals surface area (Å²) < 4.78 is 0.984. The van der Waals surface area contributed by atoms with Gasteiger partial charge < -0.3 is 5.32 Å². The number of hydrogen-bond acceptors (Lipinski definition) is 3. The maximum Gasteiger partial charge on any atom is 0.189 e. The second-order valence-corrected chi connectivity index (χ2v) is 4.84. The van der Waals surface area contributed by atoms with E-state index in [1.165, 1.54) is 11.3 Å². The predicted octanol–water partition coefficient (Wildman–Crippen LogP) is 3.08. The third-order valence-electron chi connectivity index (χ3n) is 1.99. The molecule has 78 valence electrons. The van der Waals surface area contributed by atoms with Gasteiger partial charge in [-0.25, -0.2) is 0 Å². The quantitative estimate of drug-likeness (QED) is 0.837. The van der Waals surface area contributed by atoms with Crippen molar-refractivity contribution in [2.75, 3.05) is 6.54 Å². The lowest BCUT2D eigenvalue weighted by atomic mass is 10.1. The molecule has 0 spiro atoms. The summed E-state index contributed by atoms with van der Waals surface area (Å²) in [4.78, 5) is 12.7. The lowest BCUT2D eigenvalue weighted by Gasteiger charge is -2.12. The van der Waals surface area contributed by atoms with Gasteiger partial charge in [0.1, 0.15) is 0 Å². The van der Waals surface area contributed by atoms with Crippen molar-refractivity contribution in [2.45, 2.75) is 26.3 Å². The Kier molecular flexibility index (Phi) is 4.78. The highest BCUT2D eigenvalue weighted by molar-refractivity contribution is 9.10. The Morgan fingerprint density at radius 1 is 1.64 bits per heavy atom. The van der Waals surface area contributed by atoms with Crippen LogP contribution in [0.3, 0.4) is 0 Å². The number of halogens is 1. The fourth-order valence-corrected chi connectivity index (χ4v) is 2.70. The van der Waals surface area contributed by atoms with Gasteiger partial charge >= 0.3 is 0 Å². The minimum atomic E-state index is -0.0365. The topological polar surface area (TPSA) is 29.1 Å². The minimum Gasteiger partial charge on any atom is -0.307 e. The number of thiophene rings is 1. The van der Waals surface area contributed by atoms with E-state index < -0.39 is 0 Å². The van der Waals surface area contributed by atoms with E-state index in [1.54, 1.807) is 0 Å². The van der Waals surface area contributed by atoms with Crippen LogP contribution in [0.1, 0.15) is 29.9 Å². The van der Waals surface area contributed by atoms with Crippen molar-refractivity contribution in [3.8, 4) is 0 Å². The molecule has 2 nitrogen and oxygen atoms in total. The van der Waals surface area contributed by atoms with Gasteiger partial charge in [0, 0.05) is 9.85 Å². The van der Waals surface area contributed by atoms with E-state index in [1.807, 2.05) is 25.3 Å². The standard InChI is InChI=1S/C10H14BrNOS/c1-3-8(12-4-2)10(13)9-5-7(11)6-14-9/h5-6,8,12H,3-4H2,1-2H3. The van der Waals surface area contributed by atoms with Crippen LogP contribution in [0.25, 0.3) is 0 Å². The fourth-order valence-electron chi connectivity index (χ4n) is 1.28. The van der Waals surface area contributed by atoms with Crippen molar-refractivity contribution in [3.05, 3.63) is 20.8 Å². The molecular weight excluding hydrogens is 262 g/mol. The molecule has 0 aromatic carbocycles. The molecule has 1 aromatic rings. The number of ketones is 1. The van der Waals surface area contributed by atoms with Gasteiger partial charge in [0.25, 0.3) is 0 Å². The van der Waals surface area contributed by atoms with Crippen LogP contribution in [0.5, 0.6) is 0 Å². The molecule has 0 saturated carbocycles. The van der Waals surface area contributed by atoms with Crippen LogP contribution < -0.4 is 5.32 Å². The van der Waals surface area contributed by atoms with E-state index in [9.17, 15) is 4.79 Å². The first kappa shape index (κ1) is 11.9. The molecule has 1 heterocycles. The lowest BCUT2D eigenvalue weighted by Crippen LogP contribution is -2.35. The molecule has 0 bridgehead atoms. The molecule has 1 unspecified atom stereocenters. The molecule has 1 rings (SSSR count). The van der Waals surface area contributed by atoms with Crippen LogP contribution in [0.15, 0.2) is 15.9 Å². The summed E-state index contributed by atoms with van der Waals surface area (Å²) >= 11 is 4.84. The summed E-state index contributed by atoms with van der Waals surface area (Å²) in [6.07, 6.45) is 0.836. The SMILES string of the molecule is CCNC(CC)C(=O)c1cc(Br)cs1. The number of rotatable bonds is 5. The Balaban J connectivity index is 2.72. The zero-order valence-corrected chi connectivity index (χ0v) is 10.7. The maximum absolute atomic E-state index is 11.9. The first-order valence-corrected chi connectivity index (χ1v) is 6.37. The van der Waals surface area contributed by atoms with Gasteiger partial charge in [-0.1, -0.05) is 13.8 Å². The van der Waals surface area contributed by atoms with Crippen LogP contribution in [0.4, 0.5) is 0 Å². The van der Waals surface area contributed by atoms with Crippen molar-refractivity contribution in [1.29, 1.82) is 0 Å². The molecular formula is C10H14BrNOS. The van der Waals surface area contributed by atoms with Crippen LogP contribution in [0.2, 0.25) is 0 Å². The molecule has 1 atom stereocenters. The first-order chi connectivity index (χ1) is 6.69. The Morgan fingerprint density at radius 2 is 2.36 bits per heavy atom. The van der Waals surface area contributed by atoms with Crippen LogP contribution in [-0.4, -0.2) is 18.4 Å². The van der Waals surface area contributed by atoms with Gasteiger partial charge in [0.05, 0.1) is 10.9 Å².